The summed E-state index contributed by atoms with van der Waals surface area (Å²) in [6.07, 6.45) is 0.243. The molecule has 0 saturated carbocycles. The molecule has 0 spiro atoms. The zero-order chi connectivity index (χ0) is 15.0. The van der Waals surface area contributed by atoms with Gasteiger partial charge in [-0.1, -0.05) is 0 Å². The quantitative estimate of drug-likeness (QED) is 0.764. The number of ether oxygens (including phenoxy) is 1. The van der Waals surface area contributed by atoms with Gasteiger partial charge in [0.1, 0.15) is 0 Å². The van der Waals surface area contributed by atoms with Crippen LogP contribution in [0.1, 0.15) is 27.2 Å². The van der Waals surface area contributed by atoms with Gasteiger partial charge in [-0.2, -0.15) is 0 Å². The summed E-state index contributed by atoms with van der Waals surface area (Å²) in [5.41, 5.74) is -0.348. The van der Waals surface area contributed by atoms with Gasteiger partial charge in [-0.3, -0.25) is 4.79 Å². The van der Waals surface area contributed by atoms with E-state index in [1.54, 1.807) is 4.90 Å². The highest BCUT2D eigenvalue weighted by molar-refractivity contribution is 7.91. The van der Waals surface area contributed by atoms with Crippen LogP contribution >= 0.6 is 0 Å². The van der Waals surface area contributed by atoms with Crippen molar-refractivity contribution in [3.8, 4) is 0 Å². The third-order valence-electron chi connectivity index (χ3n) is 3.64. The molecule has 2 atom stereocenters. The van der Waals surface area contributed by atoms with Crippen molar-refractivity contribution < 1.29 is 17.9 Å². The van der Waals surface area contributed by atoms with Gasteiger partial charge in [-0.05, 0) is 20.8 Å². The molecule has 2 aliphatic rings. The molecule has 6 nitrogen and oxygen atoms in total. The first-order valence-corrected chi connectivity index (χ1v) is 8.88. The molecule has 0 aliphatic carbocycles. The highest BCUT2D eigenvalue weighted by Gasteiger charge is 2.35. The van der Waals surface area contributed by atoms with E-state index >= 15 is 0 Å². The molecule has 0 radical (unpaired) electrons. The molecule has 2 aliphatic heterocycles. The number of amides is 1. The molecule has 116 valence electrons. The lowest BCUT2D eigenvalue weighted by molar-refractivity contribution is -0.158. The van der Waals surface area contributed by atoms with E-state index in [-0.39, 0.29) is 41.6 Å². The Bertz CT molecular complexity index is 475. The molecule has 2 unspecified atom stereocenters. The van der Waals surface area contributed by atoms with Crippen molar-refractivity contribution in [2.75, 3.05) is 31.1 Å². The Morgan fingerprint density at radius 3 is 2.75 bits per heavy atom. The second-order valence-corrected chi connectivity index (χ2v) is 8.66. The second kappa shape index (κ2) is 5.61. The molecule has 1 N–H and O–H groups in total. The Balaban J connectivity index is 1.94. The molecule has 1 amide bonds. The molecule has 7 heteroatoms. The Labute approximate surface area is 120 Å². The van der Waals surface area contributed by atoms with E-state index in [1.807, 2.05) is 20.8 Å². The number of carbonyl (C=O) groups is 1. The third kappa shape index (κ3) is 4.17. The molecule has 2 saturated heterocycles. The number of hydrogen-bond donors (Lipinski definition) is 1. The maximum Gasteiger partial charge on any atom is 0.224 e. The average molecular weight is 304 g/mol. The summed E-state index contributed by atoms with van der Waals surface area (Å²) in [4.78, 5) is 14.1. The number of hydrogen-bond acceptors (Lipinski definition) is 5. The SMILES string of the molecule is CC1CN(C(=O)CC2CS(=O)(=O)CCN2)CC(C)(C)O1. The van der Waals surface area contributed by atoms with Crippen molar-refractivity contribution in [2.45, 2.75) is 44.9 Å². The average Bonchev–Trinajstić information content (AvgIpc) is 2.24. The van der Waals surface area contributed by atoms with Crippen molar-refractivity contribution in [2.24, 2.45) is 0 Å². The first kappa shape index (κ1) is 15.7. The molecule has 2 rings (SSSR count). The van der Waals surface area contributed by atoms with Crippen molar-refractivity contribution >= 4 is 15.7 Å². The summed E-state index contributed by atoms with van der Waals surface area (Å²) in [7, 11) is -3.00. The van der Waals surface area contributed by atoms with Crippen LogP contribution in [0.4, 0.5) is 0 Å². The number of nitrogens with one attached hydrogen (secondary N) is 1. The van der Waals surface area contributed by atoms with E-state index in [0.717, 1.165) is 0 Å². The van der Waals surface area contributed by atoms with Crippen molar-refractivity contribution in [1.82, 2.24) is 10.2 Å². The van der Waals surface area contributed by atoms with E-state index in [9.17, 15) is 13.2 Å². The van der Waals surface area contributed by atoms with Crippen LogP contribution in [0.3, 0.4) is 0 Å². The van der Waals surface area contributed by atoms with Crippen LogP contribution in [0.25, 0.3) is 0 Å². The zero-order valence-corrected chi connectivity index (χ0v) is 13.2. The van der Waals surface area contributed by atoms with Crippen molar-refractivity contribution in [3.63, 3.8) is 0 Å². The topological polar surface area (TPSA) is 75.7 Å². The van der Waals surface area contributed by atoms with Gasteiger partial charge in [-0.15, -0.1) is 0 Å². The van der Waals surface area contributed by atoms with Gasteiger partial charge in [0, 0.05) is 32.1 Å². The van der Waals surface area contributed by atoms with E-state index in [1.165, 1.54) is 0 Å². The first-order chi connectivity index (χ1) is 9.17. The highest BCUT2D eigenvalue weighted by atomic mass is 32.2. The number of rotatable bonds is 2. The maximum atomic E-state index is 12.3. The molecule has 2 fully saturated rings. The lowest BCUT2D eigenvalue weighted by Gasteiger charge is -2.42. The predicted molar refractivity (Wildman–Crippen MR) is 76.3 cm³/mol. The van der Waals surface area contributed by atoms with Crippen molar-refractivity contribution in [1.29, 1.82) is 0 Å². The van der Waals surface area contributed by atoms with Gasteiger partial charge in [-0.25, -0.2) is 8.42 Å². The summed E-state index contributed by atoms with van der Waals surface area (Å²) < 4.78 is 28.9. The summed E-state index contributed by atoms with van der Waals surface area (Å²) in [6.45, 7) is 7.44. The monoisotopic (exact) mass is 304 g/mol. The van der Waals surface area contributed by atoms with Gasteiger partial charge in [0.05, 0.1) is 23.2 Å². The summed E-state index contributed by atoms with van der Waals surface area (Å²) in [5.74, 6) is 0.226. The smallest absolute Gasteiger partial charge is 0.224 e. The van der Waals surface area contributed by atoms with Crippen LogP contribution in [-0.4, -0.2) is 68.1 Å². The van der Waals surface area contributed by atoms with Gasteiger partial charge < -0.3 is 15.0 Å². The predicted octanol–water partition coefficient (Wildman–Crippen LogP) is -0.211. The largest absolute Gasteiger partial charge is 0.369 e. The van der Waals surface area contributed by atoms with Crippen LogP contribution in [0.2, 0.25) is 0 Å². The molecule has 20 heavy (non-hydrogen) atoms. The van der Waals surface area contributed by atoms with Gasteiger partial charge >= 0.3 is 0 Å². The van der Waals surface area contributed by atoms with Gasteiger partial charge in [0.15, 0.2) is 9.84 Å². The number of morpholine rings is 1. The summed E-state index contributed by atoms with van der Waals surface area (Å²) in [6, 6.07) is -0.262. The third-order valence-corrected chi connectivity index (χ3v) is 5.38. The summed E-state index contributed by atoms with van der Waals surface area (Å²) >= 11 is 0. The maximum absolute atomic E-state index is 12.3. The normalized spacial score (nSPS) is 32.9. The van der Waals surface area contributed by atoms with E-state index in [0.29, 0.717) is 19.6 Å². The number of carbonyl (C=O) groups excluding carboxylic acids is 1. The lowest BCUT2D eigenvalue weighted by Crippen LogP contribution is -2.55. The fraction of sp³-hybridized carbons (Fsp3) is 0.923. The van der Waals surface area contributed by atoms with Crippen LogP contribution in [-0.2, 0) is 19.4 Å². The molecular formula is C13H24N2O4S. The fourth-order valence-corrected chi connectivity index (χ4v) is 4.43. The van der Waals surface area contributed by atoms with Crippen LogP contribution < -0.4 is 5.32 Å². The van der Waals surface area contributed by atoms with E-state index < -0.39 is 9.84 Å². The molecule has 0 aromatic carbocycles. The lowest BCUT2D eigenvalue weighted by atomic mass is 10.0. The van der Waals surface area contributed by atoms with Crippen LogP contribution in [0, 0.1) is 0 Å². The van der Waals surface area contributed by atoms with Crippen LogP contribution in [0.15, 0.2) is 0 Å². The molecule has 0 aromatic rings. The molecule has 0 bridgehead atoms. The van der Waals surface area contributed by atoms with E-state index in [4.69, 9.17) is 4.74 Å². The minimum atomic E-state index is -3.00. The Morgan fingerprint density at radius 2 is 2.15 bits per heavy atom. The molecule has 0 aromatic heterocycles. The zero-order valence-electron chi connectivity index (χ0n) is 12.4. The molecular weight excluding hydrogens is 280 g/mol. The minimum Gasteiger partial charge on any atom is -0.369 e. The highest BCUT2D eigenvalue weighted by Crippen LogP contribution is 2.21. The Morgan fingerprint density at radius 1 is 1.45 bits per heavy atom. The number of sulfone groups is 1. The standard InChI is InChI=1S/C13H24N2O4S/c1-10-7-15(9-13(2,3)19-10)12(16)6-11-8-20(17,18)5-4-14-11/h10-11,14H,4-9H2,1-3H3. The fourth-order valence-electron chi connectivity index (χ4n) is 2.98. The summed E-state index contributed by atoms with van der Waals surface area (Å²) in [5, 5.41) is 3.12. The Hall–Kier alpha value is -0.660. The number of nitrogens with zero attached hydrogens (tertiary/aromatic N) is 1. The van der Waals surface area contributed by atoms with Gasteiger partial charge in [0.2, 0.25) is 5.91 Å². The minimum absolute atomic E-state index is 0.00262. The van der Waals surface area contributed by atoms with Gasteiger partial charge in [0.25, 0.3) is 0 Å². The van der Waals surface area contributed by atoms with Crippen molar-refractivity contribution in [3.05, 3.63) is 0 Å². The molecule has 2 heterocycles. The Kier molecular flexibility index (Phi) is 4.41. The first-order valence-electron chi connectivity index (χ1n) is 7.06. The second-order valence-electron chi connectivity index (χ2n) is 6.43. The van der Waals surface area contributed by atoms with Crippen LogP contribution in [0.5, 0.6) is 0 Å². The van der Waals surface area contributed by atoms with E-state index in [2.05, 4.69) is 5.32 Å².